The summed E-state index contributed by atoms with van der Waals surface area (Å²) in [5, 5.41) is 0. The van der Waals surface area contributed by atoms with Gasteiger partial charge in [-0.15, -0.1) is 0 Å². The van der Waals surface area contributed by atoms with Crippen LogP contribution in [-0.4, -0.2) is 43.8 Å². The van der Waals surface area contributed by atoms with Crippen molar-refractivity contribution in [1.29, 1.82) is 0 Å². The molecule has 0 saturated heterocycles. The molecule has 0 radical (unpaired) electrons. The van der Waals surface area contributed by atoms with Crippen molar-refractivity contribution in [3.8, 4) is 0 Å². The second-order valence-corrected chi connectivity index (χ2v) is 10.8. The summed E-state index contributed by atoms with van der Waals surface area (Å²) in [6, 6.07) is 2.66. The van der Waals surface area contributed by atoms with E-state index in [9.17, 15) is 4.79 Å². The summed E-state index contributed by atoms with van der Waals surface area (Å²) in [5.41, 5.74) is 0.368. The fraction of sp³-hybridized carbons (Fsp3) is 0.583. The molecule has 0 fully saturated rings. The Balaban J connectivity index is 2.10. The lowest BCUT2D eigenvalue weighted by Gasteiger charge is -2.15. The number of rotatable bonds is 8. The van der Waals surface area contributed by atoms with Gasteiger partial charge in [0.1, 0.15) is 25.4 Å². The van der Waals surface area contributed by atoms with Crippen molar-refractivity contribution in [3.05, 3.63) is 24.3 Å². The topological polar surface area (TPSA) is 61.3 Å². The molecule has 0 unspecified atom stereocenters. The van der Waals surface area contributed by atoms with Crippen LogP contribution >= 0.6 is 0 Å². The van der Waals surface area contributed by atoms with E-state index >= 15 is 0 Å². The standard InChI is InChI=1S/C12H20N2O3Si/c1-18(2,3)7-6-16-10-17-8-12(15)11-4-5-13-9-14-11/h4-5,9H,6-8,10H2,1-3H3. The highest BCUT2D eigenvalue weighted by molar-refractivity contribution is 6.76. The lowest BCUT2D eigenvalue weighted by Crippen LogP contribution is -2.22. The third kappa shape index (κ3) is 6.58. The highest BCUT2D eigenvalue weighted by Gasteiger charge is 2.12. The van der Waals surface area contributed by atoms with E-state index < -0.39 is 8.07 Å². The molecule has 18 heavy (non-hydrogen) atoms. The number of nitrogens with zero attached hydrogens (tertiary/aromatic N) is 2. The summed E-state index contributed by atoms with van der Waals surface area (Å²) in [7, 11) is -1.06. The maximum absolute atomic E-state index is 11.6. The van der Waals surface area contributed by atoms with Crippen LogP contribution < -0.4 is 0 Å². The molecule has 0 aliphatic heterocycles. The van der Waals surface area contributed by atoms with Crippen LogP contribution in [0.25, 0.3) is 0 Å². The zero-order valence-electron chi connectivity index (χ0n) is 11.2. The number of ketones is 1. The fourth-order valence-electron chi connectivity index (χ4n) is 1.16. The first-order valence-electron chi connectivity index (χ1n) is 5.94. The molecule has 1 rings (SSSR count). The van der Waals surface area contributed by atoms with Crippen LogP contribution in [0.4, 0.5) is 0 Å². The van der Waals surface area contributed by atoms with Gasteiger partial charge in [-0.25, -0.2) is 9.97 Å². The molecule has 5 nitrogen and oxygen atoms in total. The zero-order chi connectivity index (χ0) is 13.4. The molecule has 0 bridgehead atoms. The molecule has 0 amide bonds. The summed E-state index contributed by atoms with van der Waals surface area (Å²) in [4.78, 5) is 19.2. The molecule has 0 aliphatic carbocycles. The van der Waals surface area contributed by atoms with Crippen LogP contribution in [0.5, 0.6) is 0 Å². The van der Waals surface area contributed by atoms with Crippen LogP contribution in [0.3, 0.4) is 0 Å². The summed E-state index contributed by atoms with van der Waals surface area (Å²) >= 11 is 0. The van der Waals surface area contributed by atoms with Crippen molar-refractivity contribution < 1.29 is 14.3 Å². The van der Waals surface area contributed by atoms with Crippen LogP contribution in [0.1, 0.15) is 10.5 Å². The molecule has 6 heteroatoms. The van der Waals surface area contributed by atoms with E-state index in [0.29, 0.717) is 12.3 Å². The largest absolute Gasteiger partial charge is 0.356 e. The third-order valence-electron chi connectivity index (χ3n) is 2.26. The summed E-state index contributed by atoms with van der Waals surface area (Å²) in [6.45, 7) is 7.70. The predicted molar refractivity (Wildman–Crippen MR) is 71.3 cm³/mol. The molecule has 1 aromatic heterocycles. The van der Waals surface area contributed by atoms with Gasteiger partial charge in [-0.3, -0.25) is 4.79 Å². The van der Waals surface area contributed by atoms with Gasteiger partial charge in [0.15, 0.2) is 0 Å². The van der Waals surface area contributed by atoms with Crippen LogP contribution in [-0.2, 0) is 9.47 Å². The first-order valence-corrected chi connectivity index (χ1v) is 9.64. The Kier molecular flexibility index (Phi) is 6.10. The first-order chi connectivity index (χ1) is 8.49. The van der Waals surface area contributed by atoms with Crippen molar-refractivity contribution >= 4 is 13.9 Å². The molecular weight excluding hydrogens is 248 g/mol. The summed E-state index contributed by atoms with van der Waals surface area (Å²) in [5.74, 6) is -0.161. The molecule has 0 atom stereocenters. The highest BCUT2D eigenvalue weighted by atomic mass is 28.3. The zero-order valence-corrected chi connectivity index (χ0v) is 12.2. The van der Waals surface area contributed by atoms with Crippen LogP contribution in [0.15, 0.2) is 18.6 Å². The lowest BCUT2D eigenvalue weighted by atomic mass is 10.3. The maximum atomic E-state index is 11.6. The monoisotopic (exact) mass is 268 g/mol. The van der Waals surface area contributed by atoms with Gasteiger partial charge in [0.2, 0.25) is 5.78 Å². The van der Waals surface area contributed by atoms with Crippen molar-refractivity contribution in [2.75, 3.05) is 20.0 Å². The van der Waals surface area contributed by atoms with E-state index in [0.717, 1.165) is 6.04 Å². The molecule has 0 saturated carbocycles. The molecule has 0 N–H and O–H groups in total. The molecule has 0 aliphatic rings. The molecule has 1 aromatic rings. The minimum absolute atomic E-state index is 0.00996. The van der Waals surface area contributed by atoms with Crippen molar-refractivity contribution in [3.63, 3.8) is 0 Å². The quantitative estimate of drug-likeness (QED) is 0.312. The number of ether oxygens (including phenoxy) is 2. The van der Waals surface area contributed by atoms with E-state index in [2.05, 4.69) is 29.6 Å². The van der Waals surface area contributed by atoms with Gasteiger partial charge in [0.25, 0.3) is 0 Å². The highest BCUT2D eigenvalue weighted by Crippen LogP contribution is 2.07. The minimum atomic E-state index is -1.06. The number of aromatic nitrogens is 2. The van der Waals surface area contributed by atoms with Gasteiger partial charge in [-0.1, -0.05) is 19.6 Å². The van der Waals surface area contributed by atoms with E-state index in [1.807, 2.05) is 0 Å². The van der Waals surface area contributed by atoms with Crippen LogP contribution in [0, 0.1) is 0 Å². The number of hydrogen-bond donors (Lipinski definition) is 0. The summed E-state index contributed by atoms with van der Waals surface area (Å²) < 4.78 is 10.5. The van der Waals surface area contributed by atoms with Crippen molar-refractivity contribution in [2.45, 2.75) is 25.7 Å². The molecule has 0 spiro atoms. The van der Waals surface area contributed by atoms with E-state index in [4.69, 9.17) is 9.47 Å². The average molecular weight is 268 g/mol. The van der Waals surface area contributed by atoms with Gasteiger partial charge in [-0.2, -0.15) is 0 Å². The Bertz CT molecular complexity index is 365. The fourth-order valence-corrected chi connectivity index (χ4v) is 1.92. The molecular formula is C12H20N2O3Si. The average Bonchev–Trinajstić information content (AvgIpc) is 2.33. The van der Waals surface area contributed by atoms with E-state index in [1.54, 1.807) is 6.07 Å². The van der Waals surface area contributed by atoms with Gasteiger partial charge in [-0.05, 0) is 12.1 Å². The van der Waals surface area contributed by atoms with E-state index in [-0.39, 0.29) is 19.2 Å². The Labute approximate surface area is 109 Å². The van der Waals surface area contributed by atoms with Gasteiger partial charge in [0.05, 0.1) is 0 Å². The molecule has 100 valence electrons. The predicted octanol–water partition coefficient (Wildman–Crippen LogP) is 1.99. The first kappa shape index (κ1) is 14.9. The Morgan fingerprint density at radius 3 is 2.72 bits per heavy atom. The number of hydrogen-bond acceptors (Lipinski definition) is 5. The number of carbonyl (C=O) groups is 1. The van der Waals surface area contributed by atoms with E-state index in [1.165, 1.54) is 12.5 Å². The number of Topliss-reactive ketones (excluding diaryl/α,β-unsaturated/α-hetero) is 1. The second kappa shape index (κ2) is 7.35. The van der Waals surface area contributed by atoms with Gasteiger partial charge >= 0.3 is 0 Å². The van der Waals surface area contributed by atoms with Crippen molar-refractivity contribution in [2.24, 2.45) is 0 Å². The van der Waals surface area contributed by atoms with Crippen LogP contribution in [0.2, 0.25) is 25.7 Å². The van der Waals surface area contributed by atoms with Crippen molar-refractivity contribution in [1.82, 2.24) is 9.97 Å². The third-order valence-corrected chi connectivity index (χ3v) is 3.97. The maximum Gasteiger partial charge on any atom is 0.206 e. The smallest absolute Gasteiger partial charge is 0.206 e. The normalized spacial score (nSPS) is 11.5. The lowest BCUT2D eigenvalue weighted by molar-refractivity contribution is -0.0426. The summed E-state index contributed by atoms with van der Waals surface area (Å²) in [6.07, 6.45) is 2.88. The Morgan fingerprint density at radius 1 is 1.33 bits per heavy atom. The molecule has 1 heterocycles. The van der Waals surface area contributed by atoms with Gasteiger partial charge in [0, 0.05) is 20.9 Å². The number of carbonyl (C=O) groups excluding carboxylic acids is 1. The SMILES string of the molecule is C[Si](C)(C)CCOCOCC(=O)c1ccncn1. The second-order valence-electron chi connectivity index (χ2n) is 5.20. The van der Waals surface area contributed by atoms with Gasteiger partial charge < -0.3 is 9.47 Å². The Hall–Kier alpha value is -1.11. The minimum Gasteiger partial charge on any atom is -0.356 e. The molecule has 0 aromatic carbocycles. The Morgan fingerprint density at radius 2 is 2.11 bits per heavy atom.